The fourth-order valence-electron chi connectivity index (χ4n) is 4.72. The number of benzene rings is 1. The van der Waals surface area contributed by atoms with Crippen LogP contribution in [-0.2, 0) is 11.8 Å². The van der Waals surface area contributed by atoms with E-state index in [9.17, 15) is 0 Å². The average Bonchev–Trinajstić information content (AvgIpc) is 2.91. The number of rotatable bonds is 6. The van der Waals surface area contributed by atoms with E-state index in [2.05, 4.69) is 69.3 Å². The molecule has 0 aliphatic heterocycles. The number of hydrogen-bond donors (Lipinski definition) is 1. The molecule has 3 rings (SSSR count). The molecule has 1 nitrogen and oxygen atoms in total. The molecule has 2 aliphatic rings. The van der Waals surface area contributed by atoms with E-state index in [1.807, 2.05) is 0 Å². The second-order valence-electron chi connectivity index (χ2n) is 7.90. The van der Waals surface area contributed by atoms with Crippen LogP contribution in [0.2, 0.25) is 0 Å². The minimum atomic E-state index is -0.0421. The normalized spacial score (nSPS) is 25.6. The van der Waals surface area contributed by atoms with Crippen molar-refractivity contribution in [3.63, 3.8) is 0 Å². The molecule has 26 heavy (non-hydrogen) atoms. The van der Waals surface area contributed by atoms with Gasteiger partial charge in [-0.1, -0.05) is 72.7 Å². The molecule has 2 aliphatic carbocycles. The smallest absolute Gasteiger partial charge is 0.0390 e. The van der Waals surface area contributed by atoms with Crippen molar-refractivity contribution in [3.05, 3.63) is 81.6 Å². The van der Waals surface area contributed by atoms with Gasteiger partial charge < -0.3 is 5.73 Å². The van der Waals surface area contributed by atoms with Gasteiger partial charge in [-0.05, 0) is 55.4 Å². The number of allylic oxidation sites excluding steroid dienone is 6. The van der Waals surface area contributed by atoms with Gasteiger partial charge in [0.15, 0.2) is 0 Å². The molecule has 2 atom stereocenters. The molecule has 0 spiro atoms. The van der Waals surface area contributed by atoms with Gasteiger partial charge in [0.05, 0.1) is 0 Å². The molecule has 1 aromatic rings. The molecular formula is C24H33NSi. The van der Waals surface area contributed by atoms with Gasteiger partial charge in [0.1, 0.15) is 0 Å². The maximum atomic E-state index is 6.27. The Balaban J connectivity index is 2.07. The summed E-state index contributed by atoms with van der Waals surface area (Å²) in [5.74, 6) is 0.414. The van der Waals surface area contributed by atoms with Crippen LogP contribution in [0.25, 0.3) is 0 Å². The maximum absolute atomic E-state index is 6.27. The van der Waals surface area contributed by atoms with Crippen molar-refractivity contribution in [3.8, 4) is 0 Å². The average molecular weight is 364 g/mol. The highest BCUT2D eigenvalue weighted by Crippen LogP contribution is 2.50. The lowest BCUT2D eigenvalue weighted by atomic mass is 9.66. The summed E-state index contributed by atoms with van der Waals surface area (Å²) >= 11 is 0. The maximum Gasteiger partial charge on any atom is 0.0390 e. The van der Waals surface area contributed by atoms with Gasteiger partial charge in [-0.3, -0.25) is 0 Å². The Morgan fingerprint density at radius 1 is 1.12 bits per heavy atom. The lowest BCUT2D eigenvalue weighted by Crippen LogP contribution is -2.34. The lowest BCUT2D eigenvalue weighted by Gasteiger charge is -2.38. The molecule has 0 saturated heterocycles. The standard InChI is InChI=1S/C24H33NSi/c1-4-5-9-19-10-12-20(13-11-19)24(14-7-6-8-15-24)22-17(2)18(3)23(26)21(22)16-25/h6-8,10-14,21H,4-5,9,15-16,25H2,1-3,26H3. The monoisotopic (exact) mass is 363 g/mol. The highest BCUT2D eigenvalue weighted by molar-refractivity contribution is 6.23. The third-order valence-corrected chi connectivity index (χ3v) is 7.95. The molecule has 138 valence electrons. The predicted octanol–water partition coefficient (Wildman–Crippen LogP) is 4.33. The zero-order valence-electron chi connectivity index (χ0n) is 16.8. The molecule has 0 heterocycles. The summed E-state index contributed by atoms with van der Waals surface area (Å²) in [5, 5.41) is 1.59. The van der Waals surface area contributed by atoms with Gasteiger partial charge in [-0.25, -0.2) is 0 Å². The fraction of sp³-hybridized carbons (Fsp3) is 0.417. The second-order valence-corrected chi connectivity index (χ2v) is 8.98. The molecule has 2 N–H and O–H groups in total. The van der Waals surface area contributed by atoms with Crippen molar-refractivity contribution in [2.24, 2.45) is 11.7 Å². The molecule has 2 unspecified atom stereocenters. The zero-order chi connectivity index (χ0) is 18.7. The highest BCUT2D eigenvalue weighted by atomic mass is 28.1. The summed E-state index contributed by atoms with van der Waals surface area (Å²) in [4.78, 5) is 0. The van der Waals surface area contributed by atoms with Gasteiger partial charge in [-0.15, -0.1) is 0 Å². The van der Waals surface area contributed by atoms with Gasteiger partial charge >= 0.3 is 0 Å². The molecular weight excluding hydrogens is 330 g/mol. The summed E-state index contributed by atoms with van der Waals surface area (Å²) in [6.07, 6.45) is 13.9. The number of hydrogen-bond acceptors (Lipinski definition) is 1. The van der Waals surface area contributed by atoms with Crippen LogP contribution in [0.15, 0.2) is 70.5 Å². The lowest BCUT2D eigenvalue weighted by molar-refractivity contribution is 0.554. The Morgan fingerprint density at radius 2 is 1.85 bits per heavy atom. The second kappa shape index (κ2) is 7.94. The predicted molar refractivity (Wildman–Crippen MR) is 118 cm³/mol. The number of unbranched alkanes of at least 4 members (excludes halogenated alkanes) is 1. The quantitative estimate of drug-likeness (QED) is 0.748. The zero-order valence-corrected chi connectivity index (χ0v) is 18.8. The number of nitrogens with two attached hydrogens (primary N) is 1. The van der Waals surface area contributed by atoms with E-state index in [0.717, 1.165) is 23.2 Å². The molecule has 0 aromatic heterocycles. The molecule has 0 fully saturated rings. The van der Waals surface area contributed by atoms with Crippen molar-refractivity contribution in [1.82, 2.24) is 0 Å². The topological polar surface area (TPSA) is 26.0 Å². The van der Waals surface area contributed by atoms with E-state index in [1.165, 1.54) is 41.5 Å². The molecule has 0 amide bonds. The van der Waals surface area contributed by atoms with E-state index in [4.69, 9.17) is 5.73 Å². The van der Waals surface area contributed by atoms with E-state index < -0.39 is 0 Å². The van der Waals surface area contributed by atoms with Crippen LogP contribution in [0.5, 0.6) is 0 Å². The van der Waals surface area contributed by atoms with Crippen molar-refractivity contribution in [2.75, 3.05) is 6.54 Å². The Hall–Kier alpha value is -1.64. The van der Waals surface area contributed by atoms with Crippen LogP contribution in [-0.4, -0.2) is 16.8 Å². The fourth-order valence-corrected chi connectivity index (χ4v) is 5.62. The summed E-state index contributed by atoms with van der Waals surface area (Å²) < 4.78 is 0. The summed E-state index contributed by atoms with van der Waals surface area (Å²) in [6, 6.07) is 9.40. The molecule has 0 bridgehead atoms. The van der Waals surface area contributed by atoms with E-state index >= 15 is 0 Å². The Bertz CT molecular complexity index is 779. The largest absolute Gasteiger partial charge is 0.330 e. The van der Waals surface area contributed by atoms with Crippen LogP contribution in [0.1, 0.15) is 51.2 Å². The third-order valence-electron chi connectivity index (χ3n) is 6.50. The van der Waals surface area contributed by atoms with E-state index in [-0.39, 0.29) is 5.41 Å². The summed E-state index contributed by atoms with van der Waals surface area (Å²) in [6.45, 7) is 7.57. The Morgan fingerprint density at radius 3 is 2.42 bits per heavy atom. The molecule has 0 radical (unpaired) electrons. The van der Waals surface area contributed by atoms with Crippen molar-refractivity contribution < 1.29 is 0 Å². The Kier molecular flexibility index (Phi) is 5.84. The number of aryl methyl sites for hydroxylation is 1. The first-order chi connectivity index (χ1) is 12.5. The van der Waals surface area contributed by atoms with Gasteiger partial charge in [0, 0.05) is 28.1 Å². The highest BCUT2D eigenvalue weighted by Gasteiger charge is 2.41. The Labute approximate surface area is 162 Å². The van der Waals surface area contributed by atoms with Gasteiger partial charge in [0.25, 0.3) is 0 Å². The van der Waals surface area contributed by atoms with Gasteiger partial charge in [-0.2, -0.15) is 0 Å². The molecule has 2 heteroatoms. The minimum absolute atomic E-state index is 0.0421. The van der Waals surface area contributed by atoms with Gasteiger partial charge in [0.2, 0.25) is 0 Å². The summed E-state index contributed by atoms with van der Waals surface area (Å²) in [5.41, 5.74) is 13.6. The van der Waals surface area contributed by atoms with Crippen LogP contribution < -0.4 is 5.73 Å². The van der Waals surface area contributed by atoms with E-state index in [1.54, 1.807) is 10.8 Å². The first-order valence-corrected chi connectivity index (χ1v) is 11.1. The first kappa shape index (κ1) is 19.1. The van der Waals surface area contributed by atoms with Crippen molar-refractivity contribution in [1.29, 1.82) is 0 Å². The van der Waals surface area contributed by atoms with Crippen LogP contribution in [0.3, 0.4) is 0 Å². The summed E-state index contributed by atoms with van der Waals surface area (Å²) in [7, 11) is 1.09. The third kappa shape index (κ3) is 3.21. The van der Waals surface area contributed by atoms with Crippen LogP contribution >= 0.6 is 0 Å². The van der Waals surface area contributed by atoms with Crippen molar-refractivity contribution in [2.45, 2.75) is 51.9 Å². The molecule has 0 saturated carbocycles. The van der Waals surface area contributed by atoms with Crippen molar-refractivity contribution >= 4 is 10.2 Å². The van der Waals surface area contributed by atoms with Crippen LogP contribution in [0.4, 0.5) is 0 Å². The molecule has 1 aromatic carbocycles. The SMILES string of the molecule is CCCCc1ccc(C2(C3=C(C)C(C)=C([SiH3])C3CN)C=CC=CC2)cc1. The van der Waals surface area contributed by atoms with Crippen LogP contribution in [0, 0.1) is 5.92 Å². The first-order valence-electron chi connectivity index (χ1n) is 10.1. The minimum Gasteiger partial charge on any atom is -0.330 e. The van der Waals surface area contributed by atoms with E-state index in [0.29, 0.717) is 5.92 Å².